The predicted molar refractivity (Wildman–Crippen MR) is 96.8 cm³/mol. The zero-order chi connectivity index (χ0) is 17.7. The number of aromatic nitrogens is 2. The van der Waals surface area contributed by atoms with Crippen molar-refractivity contribution in [2.24, 2.45) is 0 Å². The molecule has 0 aliphatic heterocycles. The molecule has 0 spiro atoms. The van der Waals surface area contributed by atoms with Gasteiger partial charge in [-0.2, -0.15) is 0 Å². The Labute approximate surface area is 152 Å². The van der Waals surface area contributed by atoms with Gasteiger partial charge in [0.05, 0.1) is 18.7 Å². The number of benzene rings is 1. The second-order valence-corrected chi connectivity index (χ2v) is 6.26. The van der Waals surface area contributed by atoms with Crippen LogP contribution >= 0.6 is 27.7 Å². The molecule has 1 N–H and O–H groups in total. The Kier molecular flexibility index (Phi) is 6.27. The molecule has 0 atom stereocenters. The van der Waals surface area contributed by atoms with Crippen molar-refractivity contribution in [2.45, 2.75) is 5.16 Å². The minimum absolute atomic E-state index is 0.261. The molecule has 0 fully saturated rings. The Morgan fingerprint density at radius 1 is 1.25 bits per heavy atom. The van der Waals surface area contributed by atoms with Gasteiger partial charge in [0.25, 0.3) is 5.91 Å². The number of rotatable bonds is 6. The summed E-state index contributed by atoms with van der Waals surface area (Å²) in [6.45, 7) is 0. The molecule has 1 aromatic heterocycles. The fourth-order valence-corrected chi connectivity index (χ4v) is 2.48. The number of amides is 1. The van der Waals surface area contributed by atoms with E-state index >= 15 is 0 Å². The maximum Gasteiger partial charge on any atom is 0.272 e. The normalized spacial score (nSPS) is 10.2. The molecule has 7 nitrogen and oxygen atoms in total. The van der Waals surface area contributed by atoms with E-state index in [0.717, 1.165) is 0 Å². The highest BCUT2D eigenvalue weighted by atomic mass is 79.9. The van der Waals surface area contributed by atoms with Crippen LogP contribution in [-0.2, 0) is 0 Å². The molecule has 24 heavy (non-hydrogen) atoms. The van der Waals surface area contributed by atoms with Gasteiger partial charge in [-0.05, 0) is 34.3 Å². The van der Waals surface area contributed by atoms with Gasteiger partial charge in [0.1, 0.15) is 11.5 Å². The zero-order valence-corrected chi connectivity index (χ0v) is 16.1. The van der Waals surface area contributed by atoms with Crippen LogP contribution in [0.2, 0.25) is 0 Å². The van der Waals surface area contributed by atoms with Crippen LogP contribution in [0, 0.1) is 0 Å². The van der Waals surface area contributed by atoms with Crippen molar-refractivity contribution in [2.75, 3.05) is 32.9 Å². The number of anilines is 1. The minimum Gasteiger partial charge on any atom is -0.497 e. The number of hydrogen-bond acceptors (Lipinski definition) is 7. The van der Waals surface area contributed by atoms with Crippen molar-refractivity contribution >= 4 is 39.4 Å². The topological polar surface area (TPSA) is 76.6 Å². The molecule has 0 bridgehead atoms. The van der Waals surface area contributed by atoms with E-state index in [2.05, 4.69) is 31.3 Å². The first-order valence-electron chi connectivity index (χ1n) is 6.82. The SMILES string of the molecule is COc1cc(OC)cc(C(=O)N(C)Nc2nc(SC)ncc2Br)c1. The summed E-state index contributed by atoms with van der Waals surface area (Å²) in [5.74, 6) is 1.32. The maximum atomic E-state index is 12.6. The van der Waals surface area contributed by atoms with E-state index in [9.17, 15) is 4.79 Å². The lowest BCUT2D eigenvalue weighted by atomic mass is 10.2. The predicted octanol–water partition coefficient (Wildman–Crippen LogP) is 3.08. The van der Waals surface area contributed by atoms with Gasteiger partial charge in [0.15, 0.2) is 11.0 Å². The van der Waals surface area contributed by atoms with Crippen molar-refractivity contribution < 1.29 is 14.3 Å². The van der Waals surface area contributed by atoms with E-state index in [1.807, 2.05) is 6.26 Å². The molecule has 0 saturated carbocycles. The molecule has 0 unspecified atom stereocenters. The van der Waals surface area contributed by atoms with Gasteiger partial charge >= 0.3 is 0 Å². The van der Waals surface area contributed by atoms with Crippen LogP contribution in [0.4, 0.5) is 5.82 Å². The van der Waals surface area contributed by atoms with Crippen LogP contribution in [0.25, 0.3) is 0 Å². The third-order valence-corrected chi connectivity index (χ3v) is 4.22. The third-order valence-electron chi connectivity index (χ3n) is 3.08. The first kappa shape index (κ1) is 18.3. The summed E-state index contributed by atoms with van der Waals surface area (Å²) in [5, 5.41) is 1.94. The lowest BCUT2D eigenvalue weighted by molar-refractivity contribution is 0.0824. The van der Waals surface area contributed by atoms with E-state index < -0.39 is 0 Å². The molecule has 128 valence electrons. The van der Waals surface area contributed by atoms with Gasteiger partial charge in [-0.15, -0.1) is 0 Å². The number of nitrogens with zero attached hydrogens (tertiary/aromatic N) is 3. The number of ether oxygens (including phenoxy) is 2. The Balaban J connectivity index is 2.24. The van der Waals surface area contributed by atoms with Crippen LogP contribution in [0.3, 0.4) is 0 Å². The van der Waals surface area contributed by atoms with Gasteiger partial charge in [-0.3, -0.25) is 15.2 Å². The zero-order valence-electron chi connectivity index (χ0n) is 13.7. The quantitative estimate of drug-likeness (QED) is 0.443. The molecule has 0 saturated heterocycles. The van der Waals surface area contributed by atoms with E-state index in [0.29, 0.717) is 32.5 Å². The molecule has 0 aliphatic carbocycles. The molecule has 2 rings (SSSR count). The van der Waals surface area contributed by atoms with E-state index in [4.69, 9.17) is 9.47 Å². The summed E-state index contributed by atoms with van der Waals surface area (Å²) in [6, 6.07) is 4.99. The first-order chi connectivity index (χ1) is 11.5. The number of hydrogen-bond donors (Lipinski definition) is 1. The van der Waals surface area contributed by atoms with Crippen LogP contribution in [0.15, 0.2) is 34.0 Å². The number of carbonyl (C=O) groups excluding carboxylic acids is 1. The molecular formula is C15H17BrN4O3S. The number of nitrogens with one attached hydrogen (secondary N) is 1. The van der Waals surface area contributed by atoms with Gasteiger partial charge in [-0.1, -0.05) is 11.8 Å². The smallest absolute Gasteiger partial charge is 0.272 e. The molecule has 0 aliphatic rings. The van der Waals surface area contributed by atoms with Crippen molar-refractivity contribution in [1.29, 1.82) is 0 Å². The summed E-state index contributed by atoms with van der Waals surface area (Å²) in [4.78, 5) is 21.1. The lowest BCUT2D eigenvalue weighted by Crippen LogP contribution is -2.33. The number of carbonyl (C=O) groups is 1. The highest BCUT2D eigenvalue weighted by Crippen LogP contribution is 2.25. The average molecular weight is 413 g/mol. The molecule has 1 heterocycles. The molecule has 1 amide bonds. The van der Waals surface area contributed by atoms with E-state index in [1.54, 1.807) is 31.4 Å². The van der Waals surface area contributed by atoms with Crippen LogP contribution in [0.1, 0.15) is 10.4 Å². The highest BCUT2D eigenvalue weighted by Gasteiger charge is 2.16. The fourth-order valence-electron chi connectivity index (χ4n) is 1.86. The van der Waals surface area contributed by atoms with Crippen LogP contribution < -0.4 is 14.9 Å². The van der Waals surface area contributed by atoms with Gasteiger partial charge in [-0.25, -0.2) is 9.97 Å². The number of halogens is 1. The fraction of sp³-hybridized carbons (Fsp3) is 0.267. The highest BCUT2D eigenvalue weighted by molar-refractivity contribution is 9.10. The Bertz CT molecular complexity index is 722. The second-order valence-electron chi connectivity index (χ2n) is 4.63. The largest absolute Gasteiger partial charge is 0.497 e. The Hall–Kier alpha value is -2.00. The second kappa shape index (κ2) is 8.20. The van der Waals surface area contributed by atoms with Crippen LogP contribution in [-0.4, -0.2) is 48.4 Å². The Morgan fingerprint density at radius 2 is 1.88 bits per heavy atom. The molecule has 1 aromatic carbocycles. The van der Waals surface area contributed by atoms with Crippen LogP contribution in [0.5, 0.6) is 11.5 Å². The number of hydrazine groups is 1. The first-order valence-corrected chi connectivity index (χ1v) is 8.84. The van der Waals surface area contributed by atoms with Crippen molar-refractivity contribution in [3.63, 3.8) is 0 Å². The monoisotopic (exact) mass is 412 g/mol. The Morgan fingerprint density at radius 3 is 2.42 bits per heavy atom. The van der Waals surface area contributed by atoms with Gasteiger partial charge in [0, 0.05) is 24.9 Å². The minimum atomic E-state index is -0.261. The molecular weight excluding hydrogens is 396 g/mol. The van der Waals surface area contributed by atoms with Crippen molar-refractivity contribution in [3.8, 4) is 11.5 Å². The summed E-state index contributed by atoms with van der Waals surface area (Å²) >= 11 is 4.78. The number of methoxy groups -OCH3 is 2. The van der Waals surface area contributed by atoms with E-state index in [-0.39, 0.29) is 5.91 Å². The van der Waals surface area contributed by atoms with E-state index in [1.165, 1.54) is 31.0 Å². The number of thioether (sulfide) groups is 1. The van der Waals surface area contributed by atoms with Gasteiger partial charge < -0.3 is 9.47 Å². The maximum absolute atomic E-state index is 12.6. The van der Waals surface area contributed by atoms with Gasteiger partial charge in [0.2, 0.25) is 0 Å². The lowest BCUT2D eigenvalue weighted by Gasteiger charge is -2.20. The molecule has 9 heteroatoms. The third kappa shape index (κ3) is 4.30. The van der Waals surface area contributed by atoms with Crippen molar-refractivity contribution in [1.82, 2.24) is 15.0 Å². The molecule has 0 radical (unpaired) electrons. The summed E-state index contributed by atoms with van der Waals surface area (Å²) in [5.41, 5.74) is 3.38. The summed E-state index contributed by atoms with van der Waals surface area (Å²) < 4.78 is 11.0. The van der Waals surface area contributed by atoms with Crippen molar-refractivity contribution in [3.05, 3.63) is 34.4 Å². The summed E-state index contributed by atoms with van der Waals surface area (Å²) in [6.07, 6.45) is 3.51. The average Bonchev–Trinajstić information content (AvgIpc) is 2.62. The molecule has 2 aromatic rings. The summed E-state index contributed by atoms with van der Waals surface area (Å²) in [7, 11) is 4.68. The standard InChI is InChI=1S/C15H17BrN4O3S/c1-20(19-13-12(16)8-17-15(18-13)24-4)14(21)9-5-10(22-2)7-11(6-9)23-3/h5-8H,1-4H3,(H,17,18,19).